The predicted molar refractivity (Wildman–Crippen MR) is 79.1 cm³/mol. The van der Waals surface area contributed by atoms with Crippen molar-refractivity contribution < 1.29 is 9.59 Å². The Kier molecular flexibility index (Phi) is 5.06. The Bertz CT molecular complexity index is 359. The van der Waals surface area contributed by atoms with Gasteiger partial charge in [0.1, 0.15) is 0 Å². The zero-order valence-corrected chi connectivity index (χ0v) is 13.1. The molecule has 2 rings (SSSR count). The highest BCUT2D eigenvalue weighted by Gasteiger charge is 2.37. The van der Waals surface area contributed by atoms with E-state index in [0.717, 1.165) is 32.5 Å². The Morgan fingerprint density at radius 2 is 1.85 bits per heavy atom. The lowest BCUT2D eigenvalue weighted by Crippen LogP contribution is -2.45. The topological polar surface area (TPSA) is 40.6 Å². The highest BCUT2D eigenvalue weighted by Crippen LogP contribution is 2.26. The van der Waals surface area contributed by atoms with E-state index in [1.165, 1.54) is 6.42 Å². The first-order valence-corrected chi connectivity index (χ1v) is 8.07. The number of carbonyl (C=O) groups excluding carboxylic acids is 2. The number of hydrogen-bond acceptors (Lipinski definition) is 2. The van der Waals surface area contributed by atoms with Gasteiger partial charge in [-0.25, -0.2) is 0 Å². The average molecular weight is 280 g/mol. The minimum atomic E-state index is -0.100. The molecule has 0 bridgehead atoms. The standard InChI is InChI=1S/C16H28N2O2/c1-4-5-6-17-11-14(8-15(17)19)16(20)18-9-12(2)7-13(3)10-18/h12-14H,4-11H2,1-3H3/t12-,13-,14+/m0/s1. The summed E-state index contributed by atoms with van der Waals surface area (Å²) in [5, 5.41) is 0. The molecule has 2 amide bonds. The fourth-order valence-electron chi connectivity index (χ4n) is 3.60. The third kappa shape index (κ3) is 3.53. The van der Waals surface area contributed by atoms with Gasteiger partial charge in [0, 0.05) is 32.6 Å². The first kappa shape index (κ1) is 15.3. The monoisotopic (exact) mass is 280 g/mol. The molecule has 0 aromatic heterocycles. The quantitative estimate of drug-likeness (QED) is 0.791. The number of carbonyl (C=O) groups is 2. The van der Waals surface area contributed by atoms with Crippen molar-refractivity contribution in [2.45, 2.75) is 46.5 Å². The molecule has 2 heterocycles. The summed E-state index contributed by atoms with van der Waals surface area (Å²) in [5.41, 5.74) is 0. The van der Waals surface area contributed by atoms with Gasteiger partial charge in [0.2, 0.25) is 11.8 Å². The molecular formula is C16H28N2O2. The van der Waals surface area contributed by atoms with Gasteiger partial charge in [0.05, 0.1) is 5.92 Å². The van der Waals surface area contributed by atoms with Crippen molar-refractivity contribution in [2.75, 3.05) is 26.2 Å². The number of unbranched alkanes of at least 4 members (excludes halogenated alkanes) is 1. The van der Waals surface area contributed by atoms with Crippen molar-refractivity contribution in [3.63, 3.8) is 0 Å². The molecule has 0 radical (unpaired) electrons. The van der Waals surface area contributed by atoms with E-state index in [1.54, 1.807) is 0 Å². The minimum Gasteiger partial charge on any atom is -0.342 e. The molecule has 0 aromatic carbocycles. The van der Waals surface area contributed by atoms with Crippen LogP contribution in [0.3, 0.4) is 0 Å². The Balaban J connectivity index is 1.91. The largest absolute Gasteiger partial charge is 0.342 e. The average Bonchev–Trinajstić information content (AvgIpc) is 2.75. The van der Waals surface area contributed by atoms with E-state index in [1.807, 2.05) is 9.80 Å². The van der Waals surface area contributed by atoms with Gasteiger partial charge in [-0.15, -0.1) is 0 Å². The van der Waals surface area contributed by atoms with Crippen LogP contribution in [0.4, 0.5) is 0 Å². The lowest BCUT2D eigenvalue weighted by atomic mass is 9.91. The molecule has 4 nitrogen and oxygen atoms in total. The van der Waals surface area contributed by atoms with Crippen LogP contribution in [0.2, 0.25) is 0 Å². The van der Waals surface area contributed by atoms with Crippen LogP contribution in [0.15, 0.2) is 0 Å². The summed E-state index contributed by atoms with van der Waals surface area (Å²) in [6.07, 6.45) is 3.74. The normalized spacial score (nSPS) is 30.9. The Morgan fingerprint density at radius 3 is 2.45 bits per heavy atom. The third-order valence-corrected chi connectivity index (χ3v) is 4.53. The number of piperidine rings is 1. The molecule has 2 aliphatic heterocycles. The van der Waals surface area contributed by atoms with Crippen molar-refractivity contribution in [1.29, 1.82) is 0 Å². The Morgan fingerprint density at radius 1 is 1.20 bits per heavy atom. The van der Waals surface area contributed by atoms with Crippen LogP contribution in [0.25, 0.3) is 0 Å². The van der Waals surface area contributed by atoms with Gasteiger partial charge in [-0.2, -0.15) is 0 Å². The van der Waals surface area contributed by atoms with Gasteiger partial charge in [-0.1, -0.05) is 27.2 Å². The number of nitrogens with zero attached hydrogens (tertiary/aromatic N) is 2. The van der Waals surface area contributed by atoms with Gasteiger partial charge >= 0.3 is 0 Å². The number of hydrogen-bond donors (Lipinski definition) is 0. The summed E-state index contributed by atoms with van der Waals surface area (Å²) in [5.74, 6) is 1.43. The van der Waals surface area contributed by atoms with Crippen molar-refractivity contribution in [2.24, 2.45) is 17.8 Å². The molecule has 4 heteroatoms. The smallest absolute Gasteiger partial charge is 0.228 e. The molecule has 2 fully saturated rings. The van der Waals surface area contributed by atoms with Crippen LogP contribution in [0.5, 0.6) is 0 Å². The van der Waals surface area contributed by atoms with Crippen molar-refractivity contribution in [3.05, 3.63) is 0 Å². The zero-order chi connectivity index (χ0) is 14.7. The van der Waals surface area contributed by atoms with Gasteiger partial charge in [0.15, 0.2) is 0 Å². The maximum absolute atomic E-state index is 12.6. The summed E-state index contributed by atoms with van der Waals surface area (Å²) in [4.78, 5) is 28.4. The summed E-state index contributed by atoms with van der Waals surface area (Å²) >= 11 is 0. The van der Waals surface area contributed by atoms with Crippen LogP contribution in [-0.2, 0) is 9.59 Å². The van der Waals surface area contributed by atoms with E-state index in [2.05, 4.69) is 20.8 Å². The third-order valence-electron chi connectivity index (χ3n) is 4.53. The second-order valence-corrected chi connectivity index (χ2v) is 6.78. The fraction of sp³-hybridized carbons (Fsp3) is 0.875. The van der Waals surface area contributed by atoms with Crippen LogP contribution < -0.4 is 0 Å². The molecule has 114 valence electrons. The molecule has 3 atom stereocenters. The van der Waals surface area contributed by atoms with Gasteiger partial charge in [-0.05, 0) is 24.7 Å². The molecule has 0 aromatic rings. The highest BCUT2D eigenvalue weighted by atomic mass is 16.2. The summed E-state index contributed by atoms with van der Waals surface area (Å²) < 4.78 is 0. The SMILES string of the molecule is CCCCN1C[C@H](C(=O)N2C[C@@H](C)C[C@H](C)C2)CC1=O. The maximum Gasteiger partial charge on any atom is 0.228 e. The Labute approximate surface area is 122 Å². The molecule has 0 unspecified atom stereocenters. The maximum atomic E-state index is 12.6. The molecule has 0 N–H and O–H groups in total. The summed E-state index contributed by atoms with van der Waals surface area (Å²) in [6.45, 7) is 9.72. The van der Waals surface area contributed by atoms with E-state index < -0.39 is 0 Å². The van der Waals surface area contributed by atoms with Crippen LogP contribution in [-0.4, -0.2) is 47.8 Å². The molecule has 0 saturated carbocycles. The lowest BCUT2D eigenvalue weighted by Gasteiger charge is -2.36. The number of rotatable bonds is 4. The van der Waals surface area contributed by atoms with E-state index in [4.69, 9.17) is 0 Å². The molecule has 2 aliphatic rings. The second-order valence-electron chi connectivity index (χ2n) is 6.78. The van der Waals surface area contributed by atoms with Gasteiger partial charge in [-0.3, -0.25) is 9.59 Å². The van der Waals surface area contributed by atoms with Crippen LogP contribution in [0, 0.1) is 17.8 Å². The predicted octanol–water partition coefficient (Wildman–Crippen LogP) is 2.14. The molecule has 0 spiro atoms. The lowest BCUT2D eigenvalue weighted by molar-refractivity contribution is -0.138. The minimum absolute atomic E-state index is 0.100. The zero-order valence-electron chi connectivity index (χ0n) is 13.1. The Hall–Kier alpha value is -1.06. The van der Waals surface area contributed by atoms with Crippen molar-refractivity contribution >= 4 is 11.8 Å². The summed E-state index contributed by atoms with van der Waals surface area (Å²) in [6, 6.07) is 0. The van der Waals surface area contributed by atoms with Gasteiger partial charge in [0.25, 0.3) is 0 Å². The van der Waals surface area contributed by atoms with Crippen LogP contribution in [0.1, 0.15) is 46.5 Å². The molecule has 2 saturated heterocycles. The van der Waals surface area contributed by atoms with Crippen LogP contribution >= 0.6 is 0 Å². The molecular weight excluding hydrogens is 252 g/mol. The van der Waals surface area contributed by atoms with E-state index >= 15 is 0 Å². The van der Waals surface area contributed by atoms with Crippen molar-refractivity contribution in [3.8, 4) is 0 Å². The molecule has 20 heavy (non-hydrogen) atoms. The van der Waals surface area contributed by atoms with E-state index in [-0.39, 0.29) is 17.7 Å². The first-order chi connectivity index (χ1) is 9.51. The second kappa shape index (κ2) is 6.59. The first-order valence-electron chi connectivity index (χ1n) is 8.07. The highest BCUT2D eigenvalue weighted by molar-refractivity contribution is 5.89. The fourth-order valence-corrected chi connectivity index (χ4v) is 3.60. The number of amides is 2. The van der Waals surface area contributed by atoms with E-state index in [0.29, 0.717) is 24.8 Å². The number of likely N-dealkylation sites (tertiary alicyclic amines) is 2. The molecule has 0 aliphatic carbocycles. The van der Waals surface area contributed by atoms with Crippen molar-refractivity contribution in [1.82, 2.24) is 9.80 Å². The van der Waals surface area contributed by atoms with Gasteiger partial charge < -0.3 is 9.80 Å². The summed E-state index contributed by atoms with van der Waals surface area (Å²) in [7, 11) is 0. The van der Waals surface area contributed by atoms with E-state index in [9.17, 15) is 9.59 Å².